The molecule has 1 aliphatic rings. The molecule has 11 heavy (non-hydrogen) atoms. The summed E-state index contributed by atoms with van der Waals surface area (Å²) in [6.07, 6.45) is 0. The van der Waals surface area contributed by atoms with Crippen molar-refractivity contribution in [2.75, 3.05) is 0 Å². The topological polar surface area (TPSA) is 49.7 Å². The lowest BCUT2D eigenvalue weighted by molar-refractivity contribution is -0.138. The highest BCUT2D eigenvalue weighted by atomic mass is 35.5. The third kappa shape index (κ3) is 2.10. The molecule has 5 heteroatoms. The molecule has 64 valence electrons. The molecular formula is C6H10ClNO2S. The maximum absolute atomic E-state index is 10.5. The van der Waals surface area contributed by atoms with E-state index in [2.05, 4.69) is 4.99 Å². The zero-order chi connectivity index (χ0) is 7.78. The predicted octanol–water partition coefficient (Wildman–Crippen LogP) is 1.42. The van der Waals surface area contributed by atoms with Gasteiger partial charge in [-0.15, -0.1) is 24.2 Å². The molecule has 0 aliphatic carbocycles. The van der Waals surface area contributed by atoms with E-state index in [1.807, 2.05) is 13.8 Å². The van der Waals surface area contributed by atoms with E-state index in [1.165, 1.54) is 11.8 Å². The Morgan fingerprint density at radius 3 is 2.45 bits per heavy atom. The Labute approximate surface area is 75.7 Å². The molecule has 0 aromatic carbocycles. The number of aliphatic carboxylic acids is 1. The molecule has 1 N–H and O–H groups in total. The third-order valence-electron chi connectivity index (χ3n) is 1.46. The van der Waals surface area contributed by atoms with E-state index >= 15 is 0 Å². The summed E-state index contributed by atoms with van der Waals surface area (Å²) in [6.45, 7) is 3.76. The van der Waals surface area contributed by atoms with Crippen LogP contribution in [0.1, 0.15) is 13.8 Å². The average molecular weight is 196 g/mol. The van der Waals surface area contributed by atoms with Gasteiger partial charge < -0.3 is 5.11 Å². The fraction of sp³-hybridized carbons (Fsp3) is 0.667. The molecule has 0 fully saturated rings. The number of thioether (sulfide) groups is 1. The molecular weight excluding hydrogens is 186 g/mol. The molecule has 3 nitrogen and oxygen atoms in total. The van der Waals surface area contributed by atoms with Crippen LogP contribution in [0.15, 0.2) is 4.99 Å². The second kappa shape index (κ2) is 3.45. The van der Waals surface area contributed by atoms with E-state index in [0.29, 0.717) is 0 Å². The van der Waals surface area contributed by atoms with Gasteiger partial charge in [0, 0.05) is 4.75 Å². The summed E-state index contributed by atoms with van der Waals surface area (Å²) in [6, 6.07) is -0.572. The van der Waals surface area contributed by atoms with E-state index in [-0.39, 0.29) is 17.2 Å². The minimum atomic E-state index is -0.841. The molecule has 1 unspecified atom stereocenters. The van der Waals surface area contributed by atoms with Gasteiger partial charge in [0.25, 0.3) is 0 Å². The Kier molecular flexibility index (Phi) is 3.38. The van der Waals surface area contributed by atoms with Crippen LogP contribution in [0.5, 0.6) is 0 Å². The summed E-state index contributed by atoms with van der Waals surface area (Å²) in [4.78, 5) is 14.3. The number of rotatable bonds is 1. The Morgan fingerprint density at radius 1 is 1.73 bits per heavy atom. The lowest BCUT2D eigenvalue weighted by Crippen LogP contribution is -2.34. The average Bonchev–Trinajstić information content (AvgIpc) is 2.08. The molecule has 1 atom stereocenters. The van der Waals surface area contributed by atoms with Crippen molar-refractivity contribution in [3.05, 3.63) is 0 Å². The monoisotopic (exact) mass is 195 g/mol. The first-order chi connectivity index (χ1) is 4.54. The Hall–Kier alpha value is -0.220. The van der Waals surface area contributed by atoms with Gasteiger partial charge >= 0.3 is 5.97 Å². The quantitative estimate of drug-likeness (QED) is 0.689. The molecule has 0 bridgehead atoms. The van der Waals surface area contributed by atoms with Gasteiger partial charge in [0.15, 0.2) is 6.04 Å². The van der Waals surface area contributed by atoms with Crippen LogP contribution in [0.4, 0.5) is 0 Å². The van der Waals surface area contributed by atoms with E-state index in [1.54, 1.807) is 5.55 Å². The fourth-order valence-electron chi connectivity index (χ4n) is 0.832. The zero-order valence-corrected chi connectivity index (χ0v) is 7.91. The normalized spacial score (nSPS) is 26.2. The second-order valence-electron chi connectivity index (χ2n) is 2.72. The SMILES string of the molecule is CC1(C)SC=NC1C(=O)O.Cl. The Bertz CT molecular complexity index is 193. The molecule has 0 amide bonds. The lowest BCUT2D eigenvalue weighted by Gasteiger charge is -2.19. The van der Waals surface area contributed by atoms with Crippen LogP contribution >= 0.6 is 24.2 Å². The van der Waals surface area contributed by atoms with E-state index < -0.39 is 12.0 Å². The number of hydrogen-bond acceptors (Lipinski definition) is 3. The van der Waals surface area contributed by atoms with Crippen LogP contribution in [0.3, 0.4) is 0 Å². The van der Waals surface area contributed by atoms with Gasteiger partial charge in [-0.1, -0.05) is 0 Å². The summed E-state index contributed by atoms with van der Waals surface area (Å²) < 4.78 is -0.272. The maximum atomic E-state index is 10.5. The fourth-order valence-corrected chi connectivity index (χ4v) is 1.58. The van der Waals surface area contributed by atoms with Crippen LogP contribution in [0, 0.1) is 0 Å². The van der Waals surface area contributed by atoms with Crippen molar-refractivity contribution in [2.45, 2.75) is 24.6 Å². The number of aliphatic imine (C=N–C) groups is 1. The highest BCUT2D eigenvalue weighted by molar-refractivity contribution is 8.13. The number of carboxylic acid groups (broad SMARTS) is 1. The van der Waals surface area contributed by atoms with Crippen LogP contribution in [0.2, 0.25) is 0 Å². The molecule has 0 saturated carbocycles. The van der Waals surface area contributed by atoms with Crippen LogP contribution < -0.4 is 0 Å². The summed E-state index contributed by atoms with van der Waals surface area (Å²) in [5.74, 6) is -0.841. The van der Waals surface area contributed by atoms with Crippen molar-refractivity contribution in [2.24, 2.45) is 4.99 Å². The minimum absolute atomic E-state index is 0. The molecule has 1 rings (SSSR count). The molecule has 0 spiro atoms. The first-order valence-corrected chi connectivity index (χ1v) is 3.84. The number of halogens is 1. The predicted molar refractivity (Wildman–Crippen MR) is 48.8 cm³/mol. The summed E-state index contributed by atoms with van der Waals surface area (Å²) in [7, 11) is 0. The van der Waals surface area contributed by atoms with Crippen LogP contribution in [0.25, 0.3) is 0 Å². The number of carboxylic acids is 1. The van der Waals surface area contributed by atoms with Crippen molar-refractivity contribution in [1.29, 1.82) is 0 Å². The first kappa shape index (κ1) is 10.8. The van der Waals surface area contributed by atoms with Gasteiger partial charge in [-0.05, 0) is 13.8 Å². The lowest BCUT2D eigenvalue weighted by atomic mass is 10.1. The minimum Gasteiger partial charge on any atom is -0.480 e. The molecule has 0 aromatic heterocycles. The molecule has 0 radical (unpaired) electrons. The van der Waals surface area contributed by atoms with Crippen molar-refractivity contribution in [1.82, 2.24) is 0 Å². The number of nitrogens with zero attached hydrogens (tertiary/aromatic N) is 1. The van der Waals surface area contributed by atoms with E-state index in [0.717, 1.165) is 0 Å². The largest absolute Gasteiger partial charge is 0.480 e. The van der Waals surface area contributed by atoms with Gasteiger partial charge in [-0.3, -0.25) is 4.99 Å². The molecule has 0 aromatic rings. The second-order valence-corrected chi connectivity index (χ2v) is 4.22. The molecule has 1 aliphatic heterocycles. The molecule has 1 heterocycles. The van der Waals surface area contributed by atoms with Gasteiger partial charge in [0.05, 0.1) is 5.55 Å². The summed E-state index contributed by atoms with van der Waals surface area (Å²) in [5, 5.41) is 8.62. The van der Waals surface area contributed by atoms with Crippen LogP contribution in [-0.2, 0) is 4.79 Å². The standard InChI is InChI=1S/C6H9NO2S.ClH/c1-6(2)4(5(8)9)7-3-10-6;/h3-4H,1-2H3,(H,8,9);1H. The van der Waals surface area contributed by atoms with Crippen molar-refractivity contribution in [3.8, 4) is 0 Å². The zero-order valence-electron chi connectivity index (χ0n) is 6.27. The third-order valence-corrected chi connectivity index (χ3v) is 2.52. The van der Waals surface area contributed by atoms with Gasteiger partial charge in [0.1, 0.15) is 0 Å². The van der Waals surface area contributed by atoms with E-state index in [4.69, 9.17) is 5.11 Å². The van der Waals surface area contributed by atoms with E-state index in [9.17, 15) is 4.79 Å². The van der Waals surface area contributed by atoms with Gasteiger partial charge in [0.2, 0.25) is 0 Å². The van der Waals surface area contributed by atoms with Crippen LogP contribution in [-0.4, -0.2) is 27.4 Å². The summed E-state index contributed by atoms with van der Waals surface area (Å²) in [5.41, 5.74) is 1.61. The Balaban J connectivity index is 0.000001000. The van der Waals surface area contributed by atoms with Gasteiger partial charge in [-0.25, -0.2) is 4.79 Å². The highest BCUT2D eigenvalue weighted by Crippen LogP contribution is 2.33. The maximum Gasteiger partial charge on any atom is 0.329 e. The van der Waals surface area contributed by atoms with Crippen molar-refractivity contribution in [3.63, 3.8) is 0 Å². The first-order valence-electron chi connectivity index (χ1n) is 2.96. The molecule has 0 saturated heterocycles. The number of hydrogen-bond donors (Lipinski definition) is 1. The Morgan fingerprint density at radius 2 is 2.27 bits per heavy atom. The summed E-state index contributed by atoms with van der Waals surface area (Å²) >= 11 is 1.46. The smallest absolute Gasteiger partial charge is 0.329 e. The van der Waals surface area contributed by atoms with Gasteiger partial charge in [-0.2, -0.15) is 0 Å². The van der Waals surface area contributed by atoms with Crippen molar-refractivity contribution >= 4 is 35.7 Å². The highest BCUT2D eigenvalue weighted by Gasteiger charge is 2.38. The number of carbonyl (C=O) groups is 1. The van der Waals surface area contributed by atoms with Crippen molar-refractivity contribution < 1.29 is 9.90 Å².